The minimum absolute atomic E-state index is 0.297. The summed E-state index contributed by atoms with van der Waals surface area (Å²) >= 11 is 3.25. The van der Waals surface area contributed by atoms with Gasteiger partial charge in [0.15, 0.2) is 6.10 Å². The summed E-state index contributed by atoms with van der Waals surface area (Å²) in [5.41, 5.74) is 6.41. The molecule has 3 N–H and O–H groups in total. The predicted molar refractivity (Wildman–Crippen MR) is 81.3 cm³/mol. The third-order valence-electron chi connectivity index (χ3n) is 2.64. The number of nitrogens with one attached hydrogen (secondary N) is 1. The van der Waals surface area contributed by atoms with E-state index in [2.05, 4.69) is 21.2 Å². The van der Waals surface area contributed by atoms with Crippen LogP contribution in [-0.4, -0.2) is 24.5 Å². The van der Waals surface area contributed by atoms with E-state index in [1.165, 1.54) is 6.07 Å². The fourth-order valence-electron chi connectivity index (χ4n) is 1.54. The highest BCUT2D eigenvalue weighted by Crippen LogP contribution is 2.18. The Kier molecular flexibility index (Phi) is 6.51. The van der Waals surface area contributed by atoms with E-state index in [1.807, 2.05) is 6.92 Å². The van der Waals surface area contributed by atoms with E-state index < -0.39 is 12.1 Å². The number of carbonyl (C=O) groups excluding carboxylic acids is 2. The highest BCUT2D eigenvalue weighted by molar-refractivity contribution is 9.10. The van der Waals surface area contributed by atoms with Gasteiger partial charge >= 0.3 is 5.97 Å². The fourth-order valence-corrected chi connectivity index (χ4v) is 2.06. The second kappa shape index (κ2) is 7.89. The number of rotatable bonds is 6. The molecule has 0 saturated heterocycles. The monoisotopic (exact) mass is 342 g/mol. The van der Waals surface area contributed by atoms with Crippen molar-refractivity contribution in [3.63, 3.8) is 0 Å². The average molecular weight is 343 g/mol. The van der Waals surface area contributed by atoms with E-state index in [0.29, 0.717) is 22.3 Å². The van der Waals surface area contributed by atoms with Crippen LogP contribution in [0.1, 0.15) is 37.0 Å². The largest absolute Gasteiger partial charge is 0.449 e. The first-order chi connectivity index (χ1) is 9.43. The van der Waals surface area contributed by atoms with Crippen molar-refractivity contribution in [3.05, 3.63) is 28.2 Å². The Bertz CT molecular complexity index is 471. The van der Waals surface area contributed by atoms with Gasteiger partial charge in [0.05, 0.1) is 5.56 Å². The Balaban J connectivity index is 2.58. The third kappa shape index (κ3) is 5.21. The Hall–Kier alpha value is -1.56. The van der Waals surface area contributed by atoms with E-state index >= 15 is 0 Å². The molecule has 1 amide bonds. The van der Waals surface area contributed by atoms with Crippen molar-refractivity contribution >= 4 is 33.5 Å². The van der Waals surface area contributed by atoms with E-state index in [4.69, 9.17) is 10.5 Å². The van der Waals surface area contributed by atoms with Crippen LogP contribution < -0.4 is 11.1 Å². The minimum atomic E-state index is -0.834. The highest BCUT2D eigenvalue weighted by atomic mass is 79.9. The lowest BCUT2D eigenvalue weighted by Crippen LogP contribution is -2.36. The molecule has 0 bridgehead atoms. The van der Waals surface area contributed by atoms with Crippen LogP contribution in [0.25, 0.3) is 0 Å². The summed E-state index contributed by atoms with van der Waals surface area (Å²) in [5.74, 6) is -0.870. The van der Waals surface area contributed by atoms with E-state index in [-0.39, 0.29) is 5.91 Å². The molecule has 0 aliphatic rings. The number of unbranched alkanes of at least 4 members (excludes halogenated alkanes) is 1. The molecule has 1 atom stereocenters. The lowest BCUT2D eigenvalue weighted by Gasteiger charge is -2.13. The van der Waals surface area contributed by atoms with Gasteiger partial charge in [-0.2, -0.15) is 0 Å². The molecular weight excluding hydrogens is 324 g/mol. The molecule has 0 fully saturated rings. The topological polar surface area (TPSA) is 81.4 Å². The van der Waals surface area contributed by atoms with Gasteiger partial charge in [0.25, 0.3) is 5.91 Å². The maximum atomic E-state index is 11.9. The number of anilines is 1. The molecule has 5 nitrogen and oxygen atoms in total. The SMILES string of the molecule is CCCCNC(=O)C(C)OC(=O)c1cc(N)cc(Br)c1. The number of carbonyl (C=O) groups is 2. The van der Waals surface area contributed by atoms with Crippen molar-refractivity contribution < 1.29 is 14.3 Å². The number of amides is 1. The van der Waals surface area contributed by atoms with Crippen LogP contribution in [0.5, 0.6) is 0 Å². The number of nitrogens with two attached hydrogens (primary N) is 1. The summed E-state index contributed by atoms with van der Waals surface area (Å²) in [6.45, 7) is 4.16. The number of ether oxygens (including phenoxy) is 1. The summed E-state index contributed by atoms with van der Waals surface area (Å²) in [7, 11) is 0. The molecule has 0 aromatic heterocycles. The fraction of sp³-hybridized carbons (Fsp3) is 0.429. The van der Waals surface area contributed by atoms with Gasteiger partial charge < -0.3 is 15.8 Å². The molecule has 0 spiro atoms. The third-order valence-corrected chi connectivity index (χ3v) is 3.10. The molecule has 6 heteroatoms. The first-order valence-electron chi connectivity index (χ1n) is 6.48. The number of esters is 1. The number of benzene rings is 1. The van der Waals surface area contributed by atoms with E-state index in [9.17, 15) is 9.59 Å². The standard InChI is InChI=1S/C14H19BrN2O3/c1-3-4-5-17-13(18)9(2)20-14(19)10-6-11(15)8-12(16)7-10/h6-9H,3-5,16H2,1-2H3,(H,17,18). The second-order valence-corrected chi connectivity index (χ2v) is 5.38. The summed E-state index contributed by atoms with van der Waals surface area (Å²) in [5, 5.41) is 2.71. The molecule has 0 heterocycles. The van der Waals surface area contributed by atoms with Gasteiger partial charge in [0.2, 0.25) is 0 Å². The van der Waals surface area contributed by atoms with Crippen molar-refractivity contribution in [2.75, 3.05) is 12.3 Å². The van der Waals surface area contributed by atoms with Crippen LogP contribution in [0.15, 0.2) is 22.7 Å². The maximum absolute atomic E-state index is 11.9. The Labute approximate surface area is 127 Å². The maximum Gasteiger partial charge on any atom is 0.339 e. The van der Waals surface area contributed by atoms with Gasteiger partial charge in [-0.15, -0.1) is 0 Å². The lowest BCUT2D eigenvalue weighted by atomic mass is 10.2. The summed E-state index contributed by atoms with van der Waals surface area (Å²) < 4.78 is 5.80. The first-order valence-corrected chi connectivity index (χ1v) is 7.28. The minimum Gasteiger partial charge on any atom is -0.449 e. The molecule has 0 saturated carbocycles. The summed E-state index contributed by atoms with van der Waals surface area (Å²) in [6.07, 6.45) is 1.06. The second-order valence-electron chi connectivity index (χ2n) is 4.47. The van der Waals surface area contributed by atoms with Crippen molar-refractivity contribution in [2.24, 2.45) is 0 Å². The zero-order chi connectivity index (χ0) is 15.1. The number of halogens is 1. The Morgan fingerprint density at radius 1 is 1.40 bits per heavy atom. The molecule has 1 aromatic rings. The van der Waals surface area contributed by atoms with Crippen molar-refractivity contribution in [1.29, 1.82) is 0 Å². The quantitative estimate of drug-likeness (QED) is 0.472. The zero-order valence-electron chi connectivity index (χ0n) is 11.6. The van der Waals surface area contributed by atoms with Crippen molar-refractivity contribution in [1.82, 2.24) is 5.32 Å². The van der Waals surface area contributed by atoms with Gasteiger partial charge in [0, 0.05) is 16.7 Å². The normalized spacial score (nSPS) is 11.8. The predicted octanol–water partition coefficient (Wildman–Crippen LogP) is 2.49. The van der Waals surface area contributed by atoms with Crippen LogP contribution in [-0.2, 0) is 9.53 Å². The van der Waals surface area contributed by atoms with Crippen LogP contribution >= 0.6 is 15.9 Å². The molecule has 0 radical (unpaired) electrons. The van der Waals surface area contributed by atoms with E-state index in [1.54, 1.807) is 19.1 Å². The molecule has 20 heavy (non-hydrogen) atoms. The van der Waals surface area contributed by atoms with Crippen LogP contribution in [0.4, 0.5) is 5.69 Å². The molecule has 0 aliphatic carbocycles. The molecule has 1 rings (SSSR count). The van der Waals surface area contributed by atoms with Crippen molar-refractivity contribution in [2.45, 2.75) is 32.8 Å². The van der Waals surface area contributed by atoms with Gasteiger partial charge in [-0.3, -0.25) is 4.79 Å². The Morgan fingerprint density at radius 2 is 2.10 bits per heavy atom. The zero-order valence-corrected chi connectivity index (χ0v) is 13.2. The summed E-state index contributed by atoms with van der Waals surface area (Å²) in [6, 6.07) is 4.78. The first kappa shape index (κ1) is 16.5. The highest BCUT2D eigenvalue weighted by Gasteiger charge is 2.18. The molecule has 1 aromatic carbocycles. The smallest absolute Gasteiger partial charge is 0.339 e. The van der Waals surface area contributed by atoms with Crippen LogP contribution in [0.3, 0.4) is 0 Å². The van der Waals surface area contributed by atoms with Gasteiger partial charge in [-0.05, 0) is 31.5 Å². The number of nitrogen functional groups attached to an aromatic ring is 1. The molecular formula is C14H19BrN2O3. The van der Waals surface area contributed by atoms with E-state index in [0.717, 1.165) is 12.8 Å². The Morgan fingerprint density at radius 3 is 2.70 bits per heavy atom. The van der Waals surface area contributed by atoms with Crippen molar-refractivity contribution in [3.8, 4) is 0 Å². The number of hydrogen-bond acceptors (Lipinski definition) is 4. The van der Waals surface area contributed by atoms with Gasteiger partial charge in [-0.1, -0.05) is 29.3 Å². The van der Waals surface area contributed by atoms with Crippen LogP contribution in [0, 0.1) is 0 Å². The summed E-state index contributed by atoms with van der Waals surface area (Å²) in [4.78, 5) is 23.6. The average Bonchev–Trinajstić information content (AvgIpc) is 2.37. The molecule has 0 aliphatic heterocycles. The molecule has 1 unspecified atom stereocenters. The number of hydrogen-bond donors (Lipinski definition) is 2. The molecule has 110 valence electrons. The van der Waals surface area contributed by atoms with Gasteiger partial charge in [-0.25, -0.2) is 4.79 Å². The lowest BCUT2D eigenvalue weighted by molar-refractivity contribution is -0.129. The van der Waals surface area contributed by atoms with Gasteiger partial charge in [0.1, 0.15) is 0 Å². The van der Waals surface area contributed by atoms with Crippen LogP contribution in [0.2, 0.25) is 0 Å².